The van der Waals surface area contributed by atoms with Crippen LogP contribution in [0.2, 0.25) is 0 Å². The molecule has 2 rings (SSSR count). The molecule has 1 aliphatic rings. The molecule has 0 radical (unpaired) electrons. The van der Waals surface area contributed by atoms with Crippen molar-refractivity contribution in [2.24, 2.45) is 5.92 Å². The van der Waals surface area contributed by atoms with Gasteiger partial charge in [-0.25, -0.2) is 4.79 Å². The van der Waals surface area contributed by atoms with Crippen LogP contribution in [0.25, 0.3) is 0 Å². The van der Waals surface area contributed by atoms with Gasteiger partial charge in [-0.1, -0.05) is 12.1 Å². The van der Waals surface area contributed by atoms with Crippen molar-refractivity contribution < 1.29 is 9.53 Å². The smallest absolute Gasteiger partial charge is 0.321 e. The lowest BCUT2D eigenvalue weighted by Gasteiger charge is -2.32. The van der Waals surface area contributed by atoms with Crippen LogP contribution in [0, 0.1) is 5.92 Å². The predicted octanol–water partition coefficient (Wildman–Crippen LogP) is 4.39. The molecule has 1 aromatic rings. The van der Waals surface area contributed by atoms with E-state index >= 15 is 0 Å². The number of rotatable bonds is 6. The second-order valence-electron chi connectivity index (χ2n) is 6.05. The number of anilines is 1. The zero-order chi connectivity index (χ0) is 16.7. The SMILES string of the molecule is CCOC[C@@H]1CCCN(C(=O)Nc2cccc([C@H](C)SC)c2)C1. The highest BCUT2D eigenvalue weighted by molar-refractivity contribution is 7.98. The van der Waals surface area contributed by atoms with E-state index in [0.717, 1.165) is 44.8 Å². The number of urea groups is 1. The van der Waals surface area contributed by atoms with Crippen molar-refractivity contribution in [1.82, 2.24) is 4.90 Å². The first-order valence-corrected chi connectivity index (χ1v) is 9.69. The normalized spacial score (nSPS) is 19.4. The molecule has 1 saturated heterocycles. The molecule has 1 heterocycles. The van der Waals surface area contributed by atoms with E-state index < -0.39 is 0 Å². The molecule has 1 N–H and O–H groups in total. The van der Waals surface area contributed by atoms with E-state index in [2.05, 4.69) is 30.6 Å². The standard InChI is InChI=1S/C18H28N2O2S/c1-4-22-13-15-7-6-10-20(12-15)18(21)19-17-9-5-8-16(11-17)14(2)23-3/h5,8-9,11,14-15H,4,6-7,10,12-13H2,1-3H3,(H,19,21)/t14-,15+/m0/s1. The number of hydrogen-bond acceptors (Lipinski definition) is 3. The second-order valence-corrected chi connectivity index (χ2v) is 7.23. The van der Waals surface area contributed by atoms with Gasteiger partial charge in [-0.2, -0.15) is 11.8 Å². The van der Waals surface area contributed by atoms with Gasteiger partial charge < -0.3 is 15.0 Å². The van der Waals surface area contributed by atoms with Crippen LogP contribution in [-0.2, 0) is 4.74 Å². The van der Waals surface area contributed by atoms with Gasteiger partial charge in [0, 0.05) is 36.6 Å². The molecule has 1 aliphatic heterocycles. The van der Waals surface area contributed by atoms with Crippen molar-refractivity contribution in [3.8, 4) is 0 Å². The number of thioether (sulfide) groups is 1. The van der Waals surface area contributed by atoms with Crippen molar-refractivity contribution in [1.29, 1.82) is 0 Å². The molecular weight excluding hydrogens is 308 g/mol. The van der Waals surface area contributed by atoms with Crippen molar-refractivity contribution in [3.63, 3.8) is 0 Å². The lowest BCUT2D eigenvalue weighted by Crippen LogP contribution is -2.43. The molecule has 128 valence electrons. The maximum absolute atomic E-state index is 12.5. The third kappa shape index (κ3) is 5.43. The van der Waals surface area contributed by atoms with Gasteiger partial charge >= 0.3 is 6.03 Å². The fourth-order valence-corrected chi connectivity index (χ4v) is 3.30. The number of hydrogen-bond donors (Lipinski definition) is 1. The zero-order valence-corrected chi connectivity index (χ0v) is 15.2. The summed E-state index contributed by atoms with van der Waals surface area (Å²) in [5.74, 6) is 0.456. The number of carbonyl (C=O) groups excluding carboxylic acids is 1. The topological polar surface area (TPSA) is 41.6 Å². The van der Waals surface area contributed by atoms with Crippen LogP contribution in [-0.4, -0.2) is 43.5 Å². The highest BCUT2D eigenvalue weighted by Crippen LogP contribution is 2.27. The highest BCUT2D eigenvalue weighted by atomic mass is 32.2. The van der Waals surface area contributed by atoms with Crippen molar-refractivity contribution in [3.05, 3.63) is 29.8 Å². The van der Waals surface area contributed by atoms with Gasteiger partial charge in [0.15, 0.2) is 0 Å². The summed E-state index contributed by atoms with van der Waals surface area (Å²) in [4.78, 5) is 14.4. The zero-order valence-electron chi connectivity index (χ0n) is 14.4. The van der Waals surface area contributed by atoms with E-state index in [1.54, 1.807) is 11.8 Å². The summed E-state index contributed by atoms with van der Waals surface area (Å²) in [7, 11) is 0. The number of nitrogens with one attached hydrogen (secondary N) is 1. The average Bonchev–Trinajstić information content (AvgIpc) is 2.59. The molecule has 0 unspecified atom stereocenters. The Bertz CT molecular complexity index is 510. The number of likely N-dealkylation sites (tertiary alicyclic amines) is 1. The molecule has 0 aliphatic carbocycles. The van der Waals surface area contributed by atoms with E-state index in [-0.39, 0.29) is 6.03 Å². The van der Waals surface area contributed by atoms with E-state index in [4.69, 9.17) is 4.74 Å². The quantitative estimate of drug-likeness (QED) is 0.837. The average molecular weight is 337 g/mol. The van der Waals surface area contributed by atoms with E-state index in [1.807, 2.05) is 24.0 Å². The molecule has 23 heavy (non-hydrogen) atoms. The molecule has 0 spiro atoms. The lowest BCUT2D eigenvalue weighted by molar-refractivity contribution is 0.0777. The van der Waals surface area contributed by atoms with Gasteiger partial charge in [0.2, 0.25) is 0 Å². The molecule has 1 aromatic carbocycles. The molecule has 2 amide bonds. The molecule has 2 atom stereocenters. The molecule has 0 aromatic heterocycles. The summed E-state index contributed by atoms with van der Waals surface area (Å²) >= 11 is 1.80. The Morgan fingerprint density at radius 1 is 1.52 bits per heavy atom. The van der Waals surface area contributed by atoms with E-state index in [1.165, 1.54) is 5.56 Å². The third-order valence-electron chi connectivity index (χ3n) is 4.32. The van der Waals surface area contributed by atoms with Crippen LogP contribution in [0.4, 0.5) is 10.5 Å². The lowest BCUT2D eigenvalue weighted by atomic mass is 9.99. The monoisotopic (exact) mass is 336 g/mol. The Morgan fingerprint density at radius 3 is 3.09 bits per heavy atom. The Hall–Kier alpha value is -1.20. The summed E-state index contributed by atoms with van der Waals surface area (Å²) in [5, 5.41) is 3.47. The minimum Gasteiger partial charge on any atom is -0.381 e. The van der Waals surface area contributed by atoms with Gasteiger partial charge in [-0.3, -0.25) is 0 Å². The Labute approximate surface area is 144 Å². The van der Waals surface area contributed by atoms with E-state index in [9.17, 15) is 4.79 Å². The van der Waals surface area contributed by atoms with Crippen LogP contribution in [0.1, 0.15) is 37.5 Å². The first kappa shape index (κ1) is 18.1. The minimum absolute atomic E-state index is 0.000142. The number of amides is 2. The number of ether oxygens (including phenoxy) is 1. The minimum atomic E-state index is 0.000142. The fourth-order valence-electron chi connectivity index (χ4n) is 2.88. The van der Waals surface area contributed by atoms with E-state index in [0.29, 0.717) is 11.2 Å². The molecule has 4 nitrogen and oxygen atoms in total. The van der Waals surface area contributed by atoms with Crippen LogP contribution >= 0.6 is 11.8 Å². The Balaban J connectivity index is 1.93. The number of benzene rings is 1. The third-order valence-corrected chi connectivity index (χ3v) is 5.30. The van der Waals surface area contributed by atoms with Crippen molar-refractivity contribution in [2.75, 3.05) is 37.9 Å². The fraction of sp³-hybridized carbons (Fsp3) is 0.611. The summed E-state index contributed by atoms with van der Waals surface area (Å²) in [6.45, 7) is 7.29. The number of carbonyl (C=O) groups is 1. The number of piperidine rings is 1. The maximum atomic E-state index is 12.5. The molecular formula is C18H28N2O2S. The van der Waals surface area contributed by atoms with Crippen LogP contribution in [0.15, 0.2) is 24.3 Å². The summed E-state index contributed by atoms with van der Waals surface area (Å²) < 4.78 is 5.51. The Morgan fingerprint density at radius 2 is 2.35 bits per heavy atom. The highest BCUT2D eigenvalue weighted by Gasteiger charge is 2.23. The summed E-state index contributed by atoms with van der Waals surface area (Å²) in [5.41, 5.74) is 2.11. The molecule has 0 saturated carbocycles. The van der Waals surface area contributed by atoms with Crippen molar-refractivity contribution >= 4 is 23.5 Å². The Kier molecular flexibility index (Phi) is 7.24. The second kappa shape index (κ2) is 9.18. The first-order valence-electron chi connectivity index (χ1n) is 8.40. The summed E-state index contributed by atoms with van der Waals surface area (Å²) in [6, 6.07) is 8.14. The van der Waals surface area contributed by atoms with Crippen LogP contribution < -0.4 is 5.32 Å². The van der Waals surface area contributed by atoms with Gasteiger partial charge in [-0.15, -0.1) is 0 Å². The van der Waals surface area contributed by atoms with Gasteiger partial charge in [-0.05, 0) is 50.6 Å². The maximum Gasteiger partial charge on any atom is 0.321 e. The first-order chi connectivity index (χ1) is 11.1. The molecule has 1 fully saturated rings. The predicted molar refractivity (Wildman–Crippen MR) is 98.2 cm³/mol. The molecule has 5 heteroatoms. The summed E-state index contributed by atoms with van der Waals surface area (Å²) in [6.07, 6.45) is 4.29. The van der Waals surface area contributed by atoms with Crippen LogP contribution in [0.5, 0.6) is 0 Å². The van der Waals surface area contributed by atoms with Crippen molar-refractivity contribution in [2.45, 2.75) is 31.9 Å². The van der Waals surface area contributed by atoms with Gasteiger partial charge in [0.1, 0.15) is 0 Å². The molecule has 0 bridgehead atoms. The number of nitrogens with zero attached hydrogens (tertiary/aromatic N) is 1. The van der Waals surface area contributed by atoms with Crippen LogP contribution in [0.3, 0.4) is 0 Å². The largest absolute Gasteiger partial charge is 0.381 e. The van der Waals surface area contributed by atoms with Gasteiger partial charge in [0.05, 0.1) is 6.61 Å². The van der Waals surface area contributed by atoms with Gasteiger partial charge in [0.25, 0.3) is 0 Å².